The predicted molar refractivity (Wildman–Crippen MR) is 72.6 cm³/mol. The van der Waals surface area contributed by atoms with E-state index in [9.17, 15) is 9.59 Å². The summed E-state index contributed by atoms with van der Waals surface area (Å²) in [6, 6.07) is -1.35. The molecule has 0 radical (unpaired) electrons. The molecule has 19 heavy (non-hydrogen) atoms. The number of aromatic amines is 1. The van der Waals surface area contributed by atoms with Gasteiger partial charge in [-0.2, -0.15) is 5.10 Å². The Morgan fingerprint density at radius 1 is 1.47 bits per heavy atom. The highest BCUT2D eigenvalue weighted by Gasteiger charge is 2.22. The molecule has 0 spiro atoms. The third kappa shape index (κ3) is 4.61. The Labute approximate surface area is 112 Å². The monoisotopic (exact) mass is 267 g/mol. The van der Waals surface area contributed by atoms with E-state index in [4.69, 9.17) is 5.73 Å². The lowest BCUT2D eigenvalue weighted by atomic mass is 10.0. The number of amides is 3. The van der Waals surface area contributed by atoms with Crippen LogP contribution in [0.25, 0.3) is 0 Å². The summed E-state index contributed by atoms with van der Waals surface area (Å²) in [6.07, 6.45) is 2.93. The number of carbonyl (C=O) groups is 2. The molecule has 1 heterocycles. The van der Waals surface area contributed by atoms with E-state index in [-0.39, 0.29) is 11.8 Å². The number of nitrogens with one attached hydrogen (secondary N) is 3. The minimum absolute atomic E-state index is 0.259. The summed E-state index contributed by atoms with van der Waals surface area (Å²) < 4.78 is 0. The lowest BCUT2D eigenvalue weighted by Gasteiger charge is -2.18. The molecule has 0 aromatic carbocycles. The number of anilines is 1. The lowest BCUT2D eigenvalue weighted by Crippen LogP contribution is -2.46. The highest BCUT2D eigenvalue weighted by molar-refractivity contribution is 5.96. The maximum Gasteiger partial charge on any atom is 0.312 e. The number of H-pyrrole nitrogens is 1. The fraction of sp³-hybridized carbons (Fsp3) is 0.583. The van der Waals surface area contributed by atoms with Gasteiger partial charge in [-0.05, 0) is 18.8 Å². The molecule has 1 aromatic rings. The third-order valence-electron chi connectivity index (χ3n) is 2.69. The van der Waals surface area contributed by atoms with Crippen molar-refractivity contribution < 1.29 is 9.59 Å². The summed E-state index contributed by atoms with van der Waals surface area (Å²) in [5.74, 6) is 0.522. The zero-order valence-corrected chi connectivity index (χ0v) is 11.5. The standard InChI is InChI=1S/C12H21N5O2/c1-4-8-6-14-17-10(8)16-11(18)9(5-7(2)3)15-12(13)19/h6-7,9H,4-5H2,1-3H3,(H3,13,15,19)(H2,14,16,17,18). The van der Waals surface area contributed by atoms with Gasteiger partial charge in [0.25, 0.3) is 0 Å². The SMILES string of the molecule is CCc1cn[nH]c1NC(=O)C(CC(C)C)NC(N)=O. The fourth-order valence-corrected chi connectivity index (χ4v) is 1.77. The normalized spacial score (nSPS) is 12.2. The number of aryl methyl sites for hydroxylation is 1. The Balaban J connectivity index is 2.73. The first-order valence-electron chi connectivity index (χ1n) is 6.33. The molecule has 0 aliphatic rings. The van der Waals surface area contributed by atoms with Crippen molar-refractivity contribution in [2.75, 3.05) is 5.32 Å². The van der Waals surface area contributed by atoms with Crippen molar-refractivity contribution in [2.24, 2.45) is 11.7 Å². The van der Waals surface area contributed by atoms with E-state index in [0.717, 1.165) is 12.0 Å². The van der Waals surface area contributed by atoms with Gasteiger partial charge in [0.05, 0.1) is 6.20 Å². The van der Waals surface area contributed by atoms with Crippen LogP contribution < -0.4 is 16.4 Å². The topological polar surface area (TPSA) is 113 Å². The minimum Gasteiger partial charge on any atom is -0.352 e. The molecule has 1 atom stereocenters. The number of rotatable bonds is 6. The maximum atomic E-state index is 12.1. The van der Waals surface area contributed by atoms with Crippen LogP contribution >= 0.6 is 0 Å². The second-order valence-corrected chi connectivity index (χ2v) is 4.80. The maximum absolute atomic E-state index is 12.1. The van der Waals surface area contributed by atoms with Crippen LogP contribution in [0.5, 0.6) is 0 Å². The van der Waals surface area contributed by atoms with Crippen molar-refractivity contribution >= 4 is 17.8 Å². The van der Waals surface area contributed by atoms with Crippen molar-refractivity contribution in [3.05, 3.63) is 11.8 Å². The Kier molecular flexibility index (Phi) is 5.35. The molecule has 3 amide bonds. The van der Waals surface area contributed by atoms with Gasteiger partial charge in [-0.1, -0.05) is 20.8 Å². The van der Waals surface area contributed by atoms with Gasteiger partial charge < -0.3 is 16.4 Å². The fourth-order valence-electron chi connectivity index (χ4n) is 1.77. The first-order valence-corrected chi connectivity index (χ1v) is 6.33. The lowest BCUT2D eigenvalue weighted by molar-refractivity contribution is -0.118. The summed E-state index contributed by atoms with van der Waals surface area (Å²) in [5.41, 5.74) is 6.00. The van der Waals surface area contributed by atoms with E-state index in [1.807, 2.05) is 20.8 Å². The summed E-state index contributed by atoms with van der Waals surface area (Å²) in [5, 5.41) is 11.8. The van der Waals surface area contributed by atoms with Crippen LogP contribution in [0.1, 0.15) is 32.8 Å². The van der Waals surface area contributed by atoms with E-state index in [1.165, 1.54) is 0 Å². The zero-order chi connectivity index (χ0) is 14.4. The molecular formula is C12H21N5O2. The summed E-state index contributed by atoms with van der Waals surface area (Å²) >= 11 is 0. The van der Waals surface area contributed by atoms with Gasteiger partial charge in [0.15, 0.2) is 0 Å². The number of aromatic nitrogens is 2. The van der Waals surface area contributed by atoms with Gasteiger partial charge in [0.2, 0.25) is 5.91 Å². The van der Waals surface area contributed by atoms with Crippen LogP contribution in [-0.4, -0.2) is 28.2 Å². The van der Waals surface area contributed by atoms with Crippen LogP contribution in [-0.2, 0) is 11.2 Å². The molecule has 0 bridgehead atoms. The van der Waals surface area contributed by atoms with Gasteiger partial charge in [0, 0.05) is 5.56 Å². The molecular weight excluding hydrogens is 246 g/mol. The second-order valence-electron chi connectivity index (χ2n) is 4.80. The first-order chi connectivity index (χ1) is 8.93. The summed E-state index contributed by atoms with van der Waals surface area (Å²) in [4.78, 5) is 23.1. The molecule has 0 aliphatic heterocycles. The van der Waals surface area contributed by atoms with Crippen molar-refractivity contribution in [1.82, 2.24) is 15.5 Å². The van der Waals surface area contributed by atoms with Gasteiger partial charge in [-0.15, -0.1) is 0 Å². The summed E-state index contributed by atoms with van der Waals surface area (Å²) in [7, 11) is 0. The summed E-state index contributed by atoms with van der Waals surface area (Å²) in [6.45, 7) is 5.90. The van der Waals surface area contributed by atoms with Crippen LogP contribution in [0.4, 0.5) is 10.6 Å². The zero-order valence-electron chi connectivity index (χ0n) is 11.5. The molecule has 0 fully saturated rings. The van der Waals surface area contributed by atoms with Gasteiger partial charge in [-0.25, -0.2) is 4.79 Å². The van der Waals surface area contributed by atoms with Crippen molar-refractivity contribution in [3.8, 4) is 0 Å². The largest absolute Gasteiger partial charge is 0.352 e. The number of urea groups is 1. The minimum atomic E-state index is -0.707. The molecule has 0 aliphatic carbocycles. The number of carbonyl (C=O) groups excluding carboxylic acids is 2. The highest BCUT2D eigenvalue weighted by Crippen LogP contribution is 2.13. The van der Waals surface area contributed by atoms with E-state index in [0.29, 0.717) is 12.2 Å². The molecule has 1 aromatic heterocycles. The van der Waals surface area contributed by atoms with E-state index < -0.39 is 12.1 Å². The van der Waals surface area contributed by atoms with Crippen molar-refractivity contribution in [2.45, 2.75) is 39.7 Å². The number of nitrogens with two attached hydrogens (primary N) is 1. The smallest absolute Gasteiger partial charge is 0.312 e. The molecule has 7 nitrogen and oxygen atoms in total. The number of primary amides is 1. The number of hydrogen-bond acceptors (Lipinski definition) is 3. The van der Waals surface area contributed by atoms with Crippen LogP contribution in [0.3, 0.4) is 0 Å². The molecule has 5 N–H and O–H groups in total. The Morgan fingerprint density at radius 2 is 2.16 bits per heavy atom. The average molecular weight is 267 g/mol. The average Bonchev–Trinajstić information content (AvgIpc) is 2.74. The second kappa shape index (κ2) is 6.77. The van der Waals surface area contributed by atoms with Crippen LogP contribution in [0, 0.1) is 5.92 Å². The molecule has 7 heteroatoms. The Hall–Kier alpha value is -2.05. The third-order valence-corrected chi connectivity index (χ3v) is 2.69. The van der Waals surface area contributed by atoms with Gasteiger partial charge >= 0.3 is 6.03 Å². The molecule has 0 saturated heterocycles. The Bertz CT molecular complexity index is 441. The molecule has 0 saturated carbocycles. The highest BCUT2D eigenvalue weighted by atomic mass is 16.2. The first kappa shape index (κ1) is 15.0. The van der Waals surface area contributed by atoms with Crippen LogP contribution in [0.15, 0.2) is 6.20 Å². The van der Waals surface area contributed by atoms with Gasteiger partial charge in [-0.3, -0.25) is 9.89 Å². The predicted octanol–water partition coefficient (Wildman–Crippen LogP) is 0.994. The van der Waals surface area contributed by atoms with Crippen molar-refractivity contribution in [3.63, 3.8) is 0 Å². The quantitative estimate of drug-likeness (QED) is 0.616. The van der Waals surface area contributed by atoms with E-state index in [1.54, 1.807) is 6.20 Å². The molecule has 1 unspecified atom stereocenters. The Morgan fingerprint density at radius 3 is 2.68 bits per heavy atom. The number of hydrogen-bond donors (Lipinski definition) is 4. The molecule has 106 valence electrons. The van der Waals surface area contributed by atoms with Crippen molar-refractivity contribution in [1.29, 1.82) is 0 Å². The van der Waals surface area contributed by atoms with Gasteiger partial charge in [0.1, 0.15) is 11.9 Å². The molecule has 1 rings (SSSR count). The number of nitrogens with zero attached hydrogens (tertiary/aromatic N) is 1. The van der Waals surface area contributed by atoms with E-state index >= 15 is 0 Å². The van der Waals surface area contributed by atoms with E-state index in [2.05, 4.69) is 20.8 Å². The van der Waals surface area contributed by atoms with Crippen LogP contribution in [0.2, 0.25) is 0 Å².